The van der Waals surface area contributed by atoms with Gasteiger partial charge in [0.25, 0.3) is 11.1 Å². The molecule has 0 spiro atoms. The lowest BCUT2D eigenvalue weighted by Gasteiger charge is -2.20. The standard InChI is InChI=1S/C18H21N3O2/c1-5-21(6-2)12-7-8-14-16(10-12)23-17-11-13(20(3)4)9-15(22)18(17)19-14/h7-11H,5-6H2,1-4H3/p+1. The van der Waals surface area contributed by atoms with Gasteiger partial charge >= 0.3 is 0 Å². The Labute approximate surface area is 135 Å². The van der Waals surface area contributed by atoms with Crippen molar-refractivity contribution in [3.8, 4) is 11.5 Å². The molecule has 0 saturated carbocycles. The molecule has 5 nitrogen and oxygen atoms in total. The maximum atomic E-state index is 12.3. The predicted molar refractivity (Wildman–Crippen MR) is 93.5 cm³/mol. The molecule has 0 aromatic heterocycles. The number of anilines is 2. The van der Waals surface area contributed by atoms with E-state index in [0.29, 0.717) is 11.5 Å². The van der Waals surface area contributed by atoms with Crippen LogP contribution in [0.3, 0.4) is 0 Å². The van der Waals surface area contributed by atoms with Crippen LogP contribution in [-0.2, 0) is 0 Å². The summed E-state index contributed by atoms with van der Waals surface area (Å²) in [4.78, 5) is 19.6. The average molecular weight is 312 g/mol. The predicted octanol–water partition coefficient (Wildman–Crippen LogP) is 2.62. The normalized spacial score (nSPS) is 11.1. The highest BCUT2D eigenvalue weighted by molar-refractivity contribution is 5.77. The molecular formula is C18H22N3O2+. The first-order valence-electron chi connectivity index (χ1n) is 7.89. The maximum Gasteiger partial charge on any atom is 0.295 e. The SMILES string of the molecule is CCN(CC)c1ccc2[nH+]c3c(=O)cc(N(C)C)cc-3oc2c1. The van der Waals surface area contributed by atoms with Gasteiger partial charge in [-0.15, -0.1) is 0 Å². The topological polar surface area (TPSA) is 50.8 Å². The van der Waals surface area contributed by atoms with Crippen molar-refractivity contribution < 1.29 is 9.40 Å². The van der Waals surface area contributed by atoms with Crippen LogP contribution in [0.15, 0.2) is 39.5 Å². The lowest BCUT2D eigenvalue weighted by atomic mass is 10.1. The molecule has 1 aromatic carbocycles. The van der Waals surface area contributed by atoms with Crippen molar-refractivity contribution in [2.45, 2.75) is 13.8 Å². The molecule has 1 N–H and O–H groups in total. The molecule has 0 saturated heterocycles. The molecule has 0 amide bonds. The Morgan fingerprint density at radius 2 is 1.78 bits per heavy atom. The molecule has 0 atom stereocenters. The van der Waals surface area contributed by atoms with Crippen LogP contribution in [0.2, 0.25) is 0 Å². The van der Waals surface area contributed by atoms with Crippen LogP contribution in [0.5, 0.6) is 0 Å². The summed E-state index contributed by atoms with van der Waals surface area (Å²) in [6, 6.07) is 9.53. The highest BCUT2D eigenvalue weighted by Gasteiger charge is 2.21. The average Bonchev–Trinajstić information content (AvgIpc) is 2.54. The third kappa shape index (κ3) is 2.74. The van der Waals surface area contributed by atoms with Gasteiger partial charge in [0.2, 0.25) is 16.9 Å². The Kier molecular flexibility index (Phi) is 3.94. The lowest BCUT2D eigenvalue weighted by molar-refractivity contribution is -0.335. The summed E-state index contributed by atoms with van der Waals surface area (Å²) in [5, 5.41) is 0. The van der Waals surface area contributed by atoms with Gasteiger partial charge in [-0.25, -0.2) is 0 Å². The Morgan fingerprint density at radius 3 is 2.43 bits per heavy atom. The Morgan fingerprint density at radius 1 is 1.04 bits per heavy atom. The van der Waals surface area contributed by atoms with Crippen molar-refractivity contribution in [3.05, 3.63) is 40.6 Å². The second-order valence-corrected chi connectivity index (χ2v) is 5.79. The van der Waals surface area contributed by atoms with Gasteiger partial charge in [0, 0.05) is 62.8 Å². The number of fused-ring (bicyclic) bond motifs is 2. The summed E-state index contributed by atoms with van der Waals surface area (Å²) in [7, 11) is 3.81. The third-order valence-corrected chi connectivity index (χ3v) is 4.14. The Balaban J connectivity index is 2.23. The number of nitrogens with zero attached hydrogens (tertiary/aromatic N) is 2. The first-order valence-corrected chi connectivity index (χ1v) is 7.89. The minimum Gasteiger partial charge on any atom is -0.443 e. The van der Waals surface area contributed by atoms with Crippen molar-refractivity contribution in [2.24, 2.45) is 0 Å². The van der Waals surface area contributed by atoms with E-state index in [1.54, 1.807) is 6.07 Å². The fourth-order valence-corrected chi connectivity index (χ4v) is 2.78. The summed E-state index contributed by atoms with van der Waals surface area (Å²) in [6.45, 7) is 6.14. The number of hydrogen-bond donors (Lipinski definition) is 0. The molecule has 1 aliphatic carbocycles. The smallest absolute Gasteiger partial charge is 0.295 e. The molecule has 0 radical (unpaired) electrons. The van der Waals surface area contributed by atoms with Crippen LogP contribution in [0.4, 0.5) is 11.4 Å². The van der Waals surface area contributed by atoms with E-state index in [2.05, 4.69) is 23.7 Å². The van der Waals surface area contributed by atoms with Crippen molar-refractivity contribution in [1.29, 1.82) is 0 Å². The summed E-state index contributed by atoms with van der Waals surface area (Å²) in [5.74, 6) is 0.574. The van der Waals surface area contributed by atoms with Crippen molar-refractivity contribution in [2.75, 3.05) is 37.0 Å². The number of aromatic nitrogens is 1. The quantitative estimate of drug-likeness (QED) is 0.695. The fraction of sp³-hybridized carbons (Fsp3) is 0.333. The molecule has 1 aromatic rings. The summed E-state index contributed by atoms with van der Waals surface area (Å²) < 4.78 is 6.01. The molecule has 1 heterocycles. The molecule has 23 heavy (non-hydrogen) atoms. The first kappa shape index (κ1) is 15.3. The second kappa shape index (κ2) is 5.91. The maximum absolute atomic E-state index is 12.3. The van der Waals surface area contributed by atoms with Crippen LogP contribution in [-0.4, -0.2) is 27.2 Å². The van der Waals surface area contributed by atoms with E-state index in [9.17, 15) is 4.79 Å². The molecule has 120 valence electrons. The molecule has 0 unspecified atom stereocenters. The van der Waals surface area contributed by atoms with Gasteiger partial charge < -0.3 is 14.2 Å². The van der Waals surface area contributed by atoms with E-state index in [1.807, 2.05) is 43.3 Å². The molecule has 0 bridgehead atoms. The number of rotatable bonds is 4. The number of nitrogens with one attached hydrogen (secondary N) is 1. The molecule has 2 aliphatic rings. The van der Waals surface area contributed by atoms with Crippen LogP contribution in [0.25, 0.3) is 22.6 Å². The molecule has 1 aliphatic heterocycles. The fourth-order valence-electron chi connectivity index (χ4n) is 2.78. The summed E-state index contributed by atoms with van der Waals surface area (Å²) in [5.41, 5.74) is 3.95. The zero-order chi connectivity index (χ0) is 16.6. The van der Waals surface area contributed by atoms with Crippen LogP contribution in [0, 0.1) is 0 Å². The Bertz CT molecular complexity index is 866. The minimum absolute atomic E-state index is 0.0651. The third-order valence-electron chi connectivity index (χ3n) is 4.14. The van der Waals surface area contributed by atoms with Gasteiger partial charge in [-0.3, -0.25) is 4.79 Å². The molecule has 3 rings (SSSR count). The largest absolute Gasteiger partial charge is 0.443 e. The van der Waals surface area contributed by atoms with Gasteiger partial charge in [0.05, 0.1) is 0 Å². The minimum atomic E-state index is -0.0651. The number of hydrogen-bond acceptors (Lipinski definition) is 4. The lowest BCUT2D eigenvalue weighted by Crippen LogP contribution is -2.23. The number of aromatic amines is 1. The highest BCUT2D eigenvalue weighted by Crippen LogP contribution is 2.26. The van der Waals surface area contributed by atoms with Gasteiger partial charge in [0.1, 0.15) is 0 Å². The zero-order valence-corrected chi connectivity index (χ0v) is 14.0. The van der Waals surface area contributed by atoms with Gasteiger partial charge in [0.15, 0.2) is 0 Å². The zero-order valence-electron chi connectivity index (χ0n) is 14.0. The second-order valence-electron chi connectivity index (χ2n) is 5.79. The van der Waals surface area contributed by atoms with E-state index in [4.69, 9.17) is 4.42 Å². The van der Waals surface area contributed by atoms with E-state index < -0.39 is 0 Å². The molecule has 0 fully saturated rings. The van der Waals surface area contributed by atoms with Crippen LogP contribution in [0.1, 0.15) is 13.8 Å². The first-order chi connectivity index (χ1) is 11.0. The van der Waals surface area contributed by atoms with E-state index in [1.165, 1.54) is 0 Å². The summed E-state index contributed by atoms with van der Waals surface area (Å²) >= 11 is 0. The summed E-state index contributed by atoms with van der Waals surface area (Å²) in [6.07, 6.45) is 0. The van der Waals surface area contributed by atoms with E-state index >= 15 is 0 Å². The van der Waals surface area contributed by atoms with E-state index in [-0.39, 0.29) is 5.43 Å². The van der Waals surface area contributed by atoms with Gasteiger partial charge in [-0.2, -0.15) is 4.98 Å². The molecule has 5 heteroatoms. The van der Waals surface area contributed by atoms with Crippen molar-refractivity contribution in [1.82, 2.24) is 0 Å². The van der Waals surface area contributed by atoms with Gasteiger partial charge in [-0.05, 0) is 19.9 Å². The van der Waals surface area contributed by atoms with Crippen LogP contribution >= 0.6 is 0 Å². The van der Waals surface area contributed by atoms with Gasteiger partial charge in [-0.1, -0.05) is 0 Å². The highest BCUT2D eigenvalue weighted by atomic mass is 16.3. The number of benzene rings is 2. The Hall–Kier alpha value is -2.56. The van der Waals surface area contributed by atoms with Crippen molar-refractivity contribution >= 4 is 22.5 Å². The van der Waals surface area contributed by atoms with Crippen LogP contribution < -0.4 is 20.2 Å². The monoisotopic (exact) mass is 312 g/mol. The van der Waals surface area contributed by atoms with E-state index in [0.717, 1.165) is 35.6 Å². The van der Waals surface area contributed by atoms with Crippen molar-refractivity contribution in [3.63, 3.8) is 0 Å². The number of H-pyrrole nitrogens is 1. The molecular weight excluding hydrogens is 290 g/mol.